The summed E-state index contributed by atoms with van der Waals surface area (Å²) in [5, 5.41) is 7.51. The maximum absolute atomic E-state index is 11.8. The molecule has 9 aromatic rings. The smallest absolute Gasteiger partial charge is 0.182 e. The lowest BCUT2D eigenvalue weighted by molar-refractivity contribution is -0.128. The Morgan fingerprint density at radius 3 is 1.36 bits per heavy atom. The molecular formula is C58H48O4S2. The Hall–Kier alpha value is -6.31. The van der Waals surface area contributed by atoms with Crippen molar-refractivity contribution in [2.45, 2.75) is 47.8 Å². The van der Waals surface area contributed by atoms with Crippen LogP contribution in [0.15, 0.2) is 215 Å². The highest BCUT2D eigenvalue weighted by Crippen LogP contribution is 2.64. The van der Waals surface area contributed by atoms with Crippen molar-refractivity contribution in [2.24, 2.45) is 16.7 Å². The molecular weight excluding hydrogens is 825 g/mol. The van der Waals surface area contributed by atoms with Gasteiger partial charge >= 0.3 is 0 Å². The van der Waals surface area contributed by atoms with E-state index in [2.05, 4.69) is 200 Å². The Kier molecular flexibility index (Phi) is 10.9. The number of ketones is 1. The predicted octanol–water partition coefficient (Wildman–Crippen LogP) is 14.2. The van der Waals surface area contributed by atoms with Crippen molar-refractivity contribution in [1.29, 1.82) is 0 Å². The summed E-state index contributed by atoms with van der Waals surface area (Å²) in [6.45, 7) is 3.83. The third-order valence-electron chi connectivity index (χ3n) is 14.1. The van der Waals surface area contributed by atoms with Gasteiger partial charge in [-0.05, 0) is 115 Å². The van der Waals surface area contributed by atoms with E-state index in [0.29, 0.717) is 12.8 Å². The highest BCUT2D eigenvalue weighted by Gasteiger charge is 2.64. The molecule has 2 unspecified atom stereocenters. The fourth-order valence-electron chi connectivity index (χ4n) is 10.7. The van der Waals surface area contributed by atoms with Crippen molar-refractivity contribution >= 4 is 59.1 Å². The highest BCUT2D eigenvalue weighted by molar-refractivity contribution is 7.97. The molecule has 2 fully saturated rings. The van der Waals surface area contributed by atoms with Gasteiger partial charge in [-0.2, -0.15) is 0 Å². The number of carbonyl (C=O) groups excluding carboxylic acids is 1. The zero-order valence-electron chi connectivity index (χ0n) is 35.9. The van der Waals surface area contributed by atoms with Crippen LogP contribution in [0.4, 0.5) is 0 Å². The topological polar surface area (TPSA) is 74.3 Å². The third kappa shape index (κ3) is 7.43. The van der Waals surface area contributed by atoms with Crippen LogP contribution in [0.25, 0.3) is 65.7 Å². The molecule has 2 aliphatic carbocycles. The molecule has 0 saturated heterocycles. The highest BCUT2D eigenvalue weighted by atomic mass is 32.2. The van der Waals surface area contributed by atoms with E-state index in [0.717, 1.165) is 6.42 Å². The molecule has 2 bridgehead atoms. The van der Waals surface area contributed by atoms with E-state index in [1.165, 1.54) is 80.4 Å². The second-order valence-electron chi connectivity index (χ2n) is 17.8. The summed E-state index contributed by atoms with van der Waals surface area (Å²) in [5.74, 6) is -0.280. The lowest BCUT2D eigenvalue weighted by atomic mass is 9.70. The first-order chi connectivity index (χ1) is 31.0. The van der Waals surface area contributed by atoms with Crippen LogP contribution >= 0.6 is 0 Å². The molecule has 0 aliphatic heterocycles. The summed E-state index contributed by atoms with van der Waals surface area (Å²) in [5.41, 5.74) is 6.27. The van der Waals surface area contributed by atoms with Gasteiger partial charge < -0.3 is 4.55 Å². The van der Waals surface area contributed by atoms with E-state index in [1.807, 2.05) is 13.8 Å². The van der Waals surface area contributed by atoms with Crippen molar-refractivity contribution in [3.8, 4) is 33.4 Å². The second-order valence-corrected chi connectivity index (χ2v) is 21.1. The molecule has 11 rings (SSSR count). The molecule has 0 heterocycles. The minimum absolute atomic E-state index is 0.0248. The largest absolute Gasteiger partial charge is 0.748 e. The summed E-state index contributed by atoms with van der Waals surface area (Å²) >= 11 is 0. The monoisotopic (exact) mass is 872 g/mol. The van der Waals surface area contributed by atoms with Crippen LogP contribution in [-0.2, 0) is 25.8 Å². The van der Waals surface area contributed by atoms with Crippen LogP contribution in [0.5, 0.6) is 0 Å². The molecule has 9 aromatic carbocycles. The Morgan fingerprint density at radius 1 is 0.531 bits per heavy atom. The van der Waals surface area contributed by atoms with Gasteiger partial charge in [0.15, 0.2) is 14.7 Å². The molecule has 4 nitrogen and oxygen atoms in total. The van der Waals surface area contributed by atoms with Crippen LogP contribution in [0, 0.1) is 16.7 Å². The van der Waals surface area contributed by atoms with Gasteiger partial charge in [-0.3, -0.25) is 4.79 Å². The molecule has 2 saturated carbocycles. The molecule has 0 N–H and O–H groups in total. The second kappa shape index (κ2) is 16.7. The van der Waals surface area contributed by atoms with E-state index < -0.39 is 32.2 Å². The Morgan fingerprint density at radius 2 is 0.938 bits per heavy atom. The average molecular weight is 873 g/mol. The normalized spacial score (nSPS) is 17.8. The number of carbonyl (C=O) groups is 1. The van der Waals surface area contributed by atoms with Crippen molar-refractivity contribution in [1.82, 2.24) is 0 Å². The van der Waals surface area contributed by atoms with Gasteiger partial charge in [-0.25, -0.2) is 8.42 Å². The first-order valence-corrected chi connectivity index (χ1v) is 24.8. The summed E-state index contributed by atoms with van der Waals surface area (Å²) in [6.07, 6.45) is 1.88. The molecule has 0 amide bonds. The predicted molar refractivity (Wildman–Crippen MR) is 263 cm³/mol. The number of hydrogen-bond acceptors (Lipinski definition) is 4. The van der Waals surface area contributed by atoms with E-state index in [9.17, 15) is 17.8 Å². The summed E-state index contributed by atoms with van der Waals surface area (Å²) in [6, 6.07) is 73.7. The molecule has 0 radical (unpaired) electrons. The van der Waals surface area contributed by atoms with Gasteiger partial charge in [-0.15, -0.1) is 0 Å². The Labute approximate surface area is 378 Å². The van der Waals surface area contributed by atoms with Crippen LogP contribution in [0.1, 0.15) is 33.1 Å². The third-order valence-corrected chi connectivity index (χ3v) is 17.3. The summed E-state index contributed by atoms with van der Waals surface area (Å²) in [7, 11) is -4.74. The van der Waals surface area contributed by atoms with E-state index in [4.69, 9.17) is 0 Å². The van der Waals surface area contributed by atoms with Crippen molar-refractivity contribution < 1.29 is 17.8 Å². The van der Waals surface area contributed by atoms with E-state index in [1.54, 1.807) is 0 Å². The molecule has 0 spiro atoms. The fourth-order valence-corrected chi connectivity index (χ4v) is 14.4. The zero-order valence-corrected chi connectivity index (χ0v) is 37.5. The zero-order chi connectivity index (χ0) is 44.1. The molecule has 316 valence electrons. The van der Waals surface area contributed by atoms with E-state index in [-0.39, 0.29) is 17.1 Å². The maximum Gasteiger partial charge on any atom is 0.182 e. The summed E-state index contributed by atoms with van der Waals surface area (Å²) < 4.78 is 32.7. The first-order valence-electron chi connectivity index (χ1n) is 22.0. The number of fused-ring (bicyclic) bond motifs is 5. The van der Waals surface area contributed by atoms with Crippen LogP contribution < -0.4 is 0 Å². The lowest BCUT2D eigenvalue weighted by Crippen LogP contribution is -2.42. The van der Waals surface area contributed by atoms with Gasteiger partial charge in [0.1, 0.15) is 16.7 Å². The number of Topliss-reactive ketones (excluding diaryl/α,β-unsaturated/α-hetero) is 1. The SMILES string of the molecule is CC1(C)C2CCC1(CS(=O)(=O)[O-])C(=O)C2.c1ccc([S+](c2ccccc2)c2c(-c3cccc4ccccc34)cc(-c3cccc4ccccc34)cc2-c2cccc3ccccc23)cc1. The van der Waals surface area contributed by atoms with Gasteiger partial charge in [0.25, 0.3) is 0 Å². The minimum Gasteiger partial charge on any atom is -0.748 e. The van der Waals surface area contributed by atoms with E-state index >= 15 is 0 Å². The minimum atomic E-state index is -4.33. The van der Waals surface area contributed by atoms with Crippen LogP contribution in [0.2, 0.25) is 0 Å². The molecule has 64 heavy (non-hydrogen) atoms. The molecule has 0 aromatic heterocycles. The van der Waals surface area contributed by atoms with Gasteiger partial charge in [0, 0.05) is 23.0 Å². The summed E-state index contributed by atoms with van der Waals surface area (Å²) in [4.78, 5) is 15.8. The fraction of sp³-hybridized carbons (Fsp3) is 0.155. The average Bonchev–Trinajstić information content (AvgIpc) is 3.66. The van der Waals surface area contributed by atoms with Crippen LogP contribution in [-0.4, -0.2) is 24.5 Å². The number of hydrogen-bond donors (Lipinski definition) is 0. The molecule has 6 heteroatoms. The van der Waals surface area contributed by atoms with Crippen molar-refractivity contribution in [3.05, 3.63) is 200 Å². The number of rotatable bonds is 8. The first kappa shape index (κ1) is 41.7. The molecule has 2 atom stereocenters. The lowest BCUT2D eigenvalue weighted by Gasteiger charge is -2.37. The van der Waals surface area contributed by atoms with Gasteiger partial charge in [0.2, 0.25) is 0 Å². The Bertz CT molecular complexity index is 3170. The quantitative estimate of drug-likeness (QED) is 0.113. The van der Waals surface area contributed by atoms with Crippen molar-refractivity contribution in [2.75, 3.05) is 5.75 Å². The van der Waals surface area contributed by atoms with Gasteiger partial charge in [-0.1, -0.05) is 178 Å². The van der Waals surface area contributed by atoms with Crippen molar-refractivity contribution in [3.63, 3.8) is 0 Å². The number of benzene rings is 9. The standard InChI is InChI=1S/C48H33S.C10H16O4S/c1-3-22-38(23-4-1)49(39-24-5-2-6-25-39)48-46(44-30-14-20-35-17-8-11-27-41(35)44)32-37(43-29-13-19-34-16-7-10-26-40(34)43)33-47(48)45-31-15-21-36-18-9-12-28-42(36)45;1-9(2)7-3-4-10(9,8(11)5-7)6-15(12,13)14/h1-33H;7H,3-6H2,1-2H3,(H,12,13,14)/q+1;/p-1. The van der Waals surface area contributed by atoms with Crippen LogP contribution in [0.3, 0.4) is 0 Å². The molecule has 2 aliphatic rings. The Balaban J connectivity index is 0.000000274. The maximum atomic E-state index is 11.8. The van der Waals surface area contributed by atoms with Gasteiger partial charge in [0.05, 0.1) is 15.9 Å².